The average Bonchev–Trinajstić information content (AvgIpc) is 2.70. The van der Waals surface area contributed by atoms with E-state index >= 15 is 0 Å². The minimum absolute atomic E-state index is 0.292. The number of hydrogen-bond donors (Lipinski definition) is 2. The molecule has 138 valence electrons. The highest BCUT2D eigenvalue weighted by Crippen LogP contribution is 2.20. The van der Waals surface area contributed by atoms with E-state index in [1.807, 2.05) is 37.3 Å². The fourth-order valence-corrected chi connectivity index (χ4v) is 2.34. The first-order valence-electron chi connectivity index (χ1n) is 8.26. The molecule has 2 aromatic heterocycles. The fourth-order valence-electron chi connectivity index (χ4n) is 2.34. The van der Waals surface area contributed by atoms with Crippen LogP contribution in [0.1, 0.15) is 5.56 Å². The van der Waals surface area contributed by atoms with Crippen molar-refractivity contribution in [2.24, 2.45) is 0 Å². The minimum atomic E-state index is -0.292. The first kappa shape index (κ1) is 18.1. The summed E-state index contributed by atoms with van der Waals surface area (Å²) in [6, 6.07) is 12.5. The van der Waals surface area contributed by atoms with Gasteiger partial charge in [0, 0.05) is 24.9 Å². The molecule has 27 heavy (non-hydrogen) atoms. The Kier molecular flexibility index (Phi) is 5.46. The van der Waals surface area contributed by atoms with Gasteiger partial charge in [-0.25, -0.2) is 19.7 Å². The number of nitrogens with zero attached hydrogens (tertiary/aromatic N) is 4. The number of anilines is 4. The molecule has 2 heterocycles. The van der Waals surface area contributed by atoms with Gasteiger partial charge in [-0.2, -0.15) is 0 Å². The van der Waals surface area contributed by atoms with E-state index in [1.165, 1.54) is 11.2 Å². The molecule has 0 aliphatic heterocycles. The second-order valence-corrected chi connectivity index (χ2v) is 5.78. The van der Waals surface area contributed by atoms with Crippen LogP contribution >= 0.6 is 0 Å². The summed E-state index contributed by atoms with van der Waals surface area (Å²) in [6.45, 7) is 1.94. The van der Waals surface area contributed by atoms with E-state index in [1.54, 1.807) is 32.5 Å². The van der Waals surface area contributed by atoms with Crippen molar-refractivity contribution >= 4 is 29.0 Å². The Labute approximate surface area is 157 Å². The molecule has 3 rings (SSSR count). The lowest BCUT2D eigenvalue weighted by Crippen LogP contribution is -2.32. The molecular formula is C19H20N6O2. The number of aryl methyl sites for hydroxylation is 1. The number of aromatic nitrogens is 3. The Morgan fingerprint density at radius 2 is 1.93 bits per heavy atom. The van der Waals surface area contributed by atoms with E-state index in [2.05, 4.69) is 25.6 Å². The number of urea groups is 1. The van der Waals surface area contributed by atoms with E-state index in [0.717, 1.165) is 16.9 Å². The van der Waals surface area contributed by atoms with Gasteiger partial charge in [-0.15, -0.1) is 0 Å². The number of nitrogens with one attached hydrogen (secondary N) is 2. The monoisotopic (exact) mass is 364 g/mol. The molecular weight excluding hydrogens is 344 g/mol. The van der Waals surface area contributed by atoms with Crippen molar-refractivity contribution in [3.63, 3.8) is 0 Å². The number of carbonyl (C=O) groups is 1. The largest absolute Gasteiger partial charge is 0.481 e. The van der Waals surface area contributed by atoms with Gasteiger partial charge in [-0.05, 0) is 24.6 Å². The number of methoxy groups -OCH3 is 1. The maximum Gasteiger partial charge on any atom is 0.327 e. The van der Waals surface area contributed by atoms with Crippen molar-refractivity contribution in [1.29, 1.82) is 0 Å². The lowest BCUT2D eigenvalue weighted by Gasteiger charge is -2.18. The van der Waals surface area contributed by atoms with Crippen LogP contribution < -0.4 is 20.3 Å². The molecule has 2 amide bonds. The van der Waals surface area contributed by atoms with Crippen LogP contribution in [0.4, 0.5) is 27.8 Å². The second kappa shape index (κ2) is 8.13. The zero-order chi connectivity index (χ0) is 19.2. The van der Waals surface area contributed by atoms with Crippen molar-refractivity contribution in [2.45, 2.75) is 6.92 Å². The summed E-state index contributed by atoms with van der Waals surface area (Å²) in [5.74, 6) is 1.53. The summed E-state index contributed by atoms with van der Waals surface area (Å²) in [7, 11) is 3.21. The number of carbonyl (C=O) groups excluding carboxylic acids is 1. The van der Waals surface area contributed by atoms with Gasteiger partial charge in [-0.3, -0.25) is 4.90 Å². The highest BCUT2D eigenvalue weighted by Gasteiger charge is 2.14. The third-order valence-electron chi connectivity index (χ3n) is 3.91. The van der Waals surface area contributed by atoms with Crippen LogP contribution in [-0.2, 0) is 0 Å². The number of pyridine rings is 1. The van der Waals surface area contributed by atoms with Crippen LogP contribution in [-0.4, -0.2) is 35.1 Å². The van der Waals surface area contributed by atoms with Gasteiger partial charge in [0.15, 0.2) is 0 Å². The van der Waals surface area contributed by atoms with Crippen molar-refractivity contribution in [1.82, 2.24) is 15.0 Å². The molecule has 0 unspecified atom stereocenters. The van der Waals surface area contributed by atoms with Crippen LogP contribution in [0.2, 0.25) is 0 Å². The predicted octanol–water partition coefficient (Wildman–Crippen LogP) is 3.60. The van der Waals surface area contributed by atoms with Crippen LogP contribution in [0.15, 0.2) is 55.0 Å². The Bertz CT molecular complexity index is 929. The standard InChI is InChI=1S/C19H20N6O2/c1-13-6-4-5-7-15(13)24-19(26)25(2)17-10-16(21-12-22-17)23-14-8-9-18(27-3)20-11-14/h4-12H,1-3H3,(H,24,26)(H,21,22,23). The molecule has 3 aromatic rings. The van der Waals surface area contributed by atoms with E-state index in [9.17, 15) is 4.79 Å². The van der Waals surface area contributed by atoms with Gasteiger partial charge in [0.1, 0.15) is 18.0 Å². The molecule has 8 heteroatoms. The van der Waals surface area contributed by atoms with Gasteiger partial charge in [0.2, 0.25) is 5.88 Å². The predicted molar refractivity (Wildman–Crippen MR) is 105 cm³/mol. The number of amides is 2. The molecule has 0 aliphatic carbocycles. The first-order valence-corrected chi connectivity index (χ1v) is 8.26. The topological polar surface area (TPSA) is 92.3 Å². The summed E-state index contributed by atoms with van der Waals surface area (Å²) in [5, 5.41) is 5.99. The van der Waals surface area contributed by atoms with Gasteiger partial charge >= 0.3 is 6.03 Å². The van der Waals surface area contributed by atoms with Crippen molar-refractivity contribution in [2.75, 3.05) is 29.7 Å². The quantitative estimate of drug-likeness (QED) is 0.719. The normalized spacial score (nSPS) is 10.2. The van der Waals surface area contributed by atoms with Crippen LogP contribution in [0.25, 0.3) is 0 Å². The fraction of sp³-hybridized carbons (Fsp3) is 0.158. The van der Waals surface area contributed by atoms with Gasteiger partial charge < -0.3 is 15.4 Å². The maximum atomic E-state index is 12.5. The third kappa shape index (κ3) is 4.49. The summed E-state index contributed by atoms with van der Waals surface area (Å²) < 4.78 is 5.04. The molecule has 0 atom stereocenters. The van der Waals surface area contributed by atoms with E-state index < -0.39 is 0 Å². The number of hydrogen-bond acceptors (Lipinski definition) is 6. The van der Waals surface area contributed by atoms with Gasteiger partial charge in [-0.1, -0.05) is 18.2 Å². The number of ether oxygens (including phenoxy) is 1. The van der Waals surface area contributed by atoms with Crippen molar-refractivity contribution in [3.05, 3.63) is 60.6 Å². The zero-order valence-electron chi connectivity index (χ0n) is 15.3. The first-order chi connectivity index (χ1) is 13.1. The SMILES string of the molecule is COc1ccc(Nc2cc(N(C)C(=O)Nc3ccccc3C)ncn2)cn1. The van der Waals surface area contributed by atoms with Crippen molar-refractivity contribution < 1.29 is 9.53 Å². The minimum Gasteiger partial charge on any atom is -0.481 e. The lowest BCUT2D eigenvalue weighted by atomic mass is 10.2. The molecule has 0 aliphatic rings. The van der Waals surface area contributed by atoms with E-state index in [0.29, 0.717) is 17.5 Å². The lowest BCUT2D eigenvalue weighted by molar-refractivity contribution is 0.258. The average molecular weight is 364 g/mol. The highest BCUT2D eigenvalue weighted by atomic mass is 16.5. The number of benzene rings is 1. The molecule has 0 saturated carbocycles. The molecule has 0 radical (unpaired) electrons. The van der Waals surface area contributed by atoms with E-state index in [4.69, 9.17) is 4.74 Å². The molecule has 0 spiro atoms. The summed E-state index contributed by atoms with van der Waals surface area (Å²) in [6.07, 6.45) is 3.03. The third-order valence-corrected chi connectivity index (χ3v) is 3.91. The van der Waals surface area contributed by atoms with E-state index in [-0.39, 0.29) is 6.03 Å². The van der Waals surface area contributed by atoms with Crippen LogP contribution in [0, 0.1) is 6.92 Å². The maximum absolute atomic E-state index is 12.5. The summed E-state index contributed by atoms with van der Waals surface area (Å²) in [5.41, 5.74) is 2.48. The molecule has 0 fully saturated rings. The Morgan fingerprint density at radius 1 is 1.11 bits per heavy atom. The number of rotatable bonds is 5. The van der Waals surface area contributed by atoms with Gasteiger partial charge in [0.25, 0.3) is 0 Å². The molecule has 1 aromatic carbocycles. The zero-order valence-corrected chi connectivity index (χ0v) is 15.3. The van der Waals surface area contributed by atoms with Gasteiger partial charge in [0.05, 0.1) is 19.0 Å². The molecule has 0 bridgehead atoms. The smallest absolute Gasteiger partial charge is 0.327 e. The molecule has 2 N–H and O–H groups in total. The van der Waals surface area contributed by atoms with Crippen molar-refractivity contribution in [3.8, 4) is 5.88 Å². The Hall–Kier alpha value is -3.68. The summed E-state index contributed by atoms with van der Waals surface area (Å²) in [4.78, 5) is 26.4. The molecule has 8 nitrogen and oxygen atoms in total. The molecule has 0 saturated heterocycles. The second-order valence-electron chi connectivity index (χ2n) is 5.78. The Morgan fingerprint density at radius 3 is 2.63 bits per heavy atom. The highest BCUT2D eigenvalue weighted by molar-refractivity contribution is 6.01. The summed E-state index contributed by atoms with van der Waals surface area (Å²) >= 11 is 0. The van der Waals surface area contributed by atoms with Crippen LogP contribution in [0.5, 0.6) is 5.88 Å². The number of para-hydroxylation sites is 1. The Balaban J connectivity index is 1.71. The van der Waals surface area contributed by atoms with Crippen LogP contribution in [0.3, 0.4) is 0 Å².